The Kier molecular flexibility index (Phi) is 2.77. The minimum absolute atomic E-state index is 0.0955. The van der Waals surface area contributed by atoms with E-state index in [1.807, 2.05) is 6.92 Å². The molecule has 0 unspecified atom stereocenters. The number of aromatic nitrogens is 2. The molecule has 6 heteroatoms. The molecule has 0 saturated carbocycles. The van der Waals surface area contributed by atoms with Gasteiger partial charge in [-0.2, -0.15) is 5.10 Å². The quantitative estimate of drug-likeness (QED) is 0.857. The molecular formula is C11H10ClN3O2. The van der Waals surface area contributed by atoms with Gasteiger partial charge in [-0.25, -0.2) is 9.48 Å². The third-order valence-corrected chi connectivity index (χ3v) is 2.83. The number of anilines is 1. The van der Waals surface area contributed by atoms with Crippen LogP contribution in [-0.2, 0) is 0 Å². The topological polar surface area (TPSA) is 81.1 Å². The van der Waals surface area contributed by atoms with Gasteiger partial charge < -0.3 is 10.8 Å². The standard InChI is InChI=1S/C11H10ClN3O2/c1-6-7(12)3-2-4-9(6)15-10(13)5-8(14-15)11(16)17/h2-5H,13H2,1H3,(H,16,17). The predicted octanol–water partition coefficient (Wildman–Crippen LogP) is 2.11. The van der Waals surface area contributed by atoms with Gasteiger partial charge in [0.2, 0.25) is 0 Å². The number of aromatic carboxylic acids is 1. The van der Waals surface area contributed by atoms with Gasteiger partial charge in [-0.3, -0.25) is 0 Å². The minimum Gasteiger partial charge on any atom is -0.476 e. The van der Waals surface area contributed by atoms with E-state index in [9.17, 15) is 4.79 Å². The van der Waals surface area contributed by atoms with Crippen molar-refractivity contribution in [3.8, 4) is 5.69 Å². The Morgan fingerprint density at radius 3 is 2.82 bits per heavy atom. The highest BCUT2D eigenvalue weighted by atomic mass is 35.5. The van der Waals surface area contributed by atoms with Gasteiger partial charge in [-0.15, -0.1) is 0 Å². The number of hydrogen-bond donors (Lipinski definition) is 2. The highest BCUT2D eigenvalue weighted by Gasteiger charge is 2.14. The Labute approximate surface area is 102 Å². The van der Waals surface area contributed by atoms with Gasteiger partial charge in [0, 0.05) is 11.1 Å². The molecule has 0 spiro atoms. The maximum Gasteiger partial charge on any atom is 0.356 e. The molecule has 0 aliphatic carbocycles. The van der Waals surface area contributed by atoms with Crippen molar-refractivity contribution in [2.24, 2.45) is 0 Å². The van der Waals surface area contributed by atoms with Crippen molar-refractivity contribution in [1.82, 2.24) is 9.78 Å². The monoisotopic (exact) mass is 251 g/mol. The van der Waals surface area contributed by atoms with Gasteiger partial charge >= 0.3 is 5.97 Å². The summed E-state index contributed by atoms with van der Waals surface area (Å²) in [6.07, 6.45) is 0. The first-order valence-electron chi connectivity index (χ1n) is 4.85. The molecule has 17 heavy (non-hydrogen) atoms. The SMILES string of the molecule is Cc1c(Cl)cccc1-n1nc(C(=O)O)cc1N. The van der Waals surface area contributed by atoms with E-state index < -0.39 is 5.97 Å². The van der Waals surface area contributed by atoms with Gasteiger partial charge in [0.1, 0.15) is 5.82 Å². The van der Waals surface area contributed by atoms with Crippen LogP contribution in [0.15, 0.2) is 24.3 Å². The van der Waals surface area contributed by atoms with Gasteiger partial charge in [0.25, 0.3) is 0 Å². The maximum atomic E-state index is 10.8. The normalized spacial score (nSPS) is 10.5. The summed E-state index contributed by atoms with van der Waals surface area (Å²) in [5, 5.41) is 13.3. The van der Waals surface area contributed by atoms with Gasteiger partial charge in [-0.1, -0.05) is 17.7 Å². The summed E-state index contributed by atoms with van der Waals surface area (Å²) in [5.41, 5.74) is 7.09. The average molecular weight is 252 g/mol. The lowest BCUT2D eigenvalue weighted by Crippen LogP contribution is -2.05. The van der Waals surface area contributed by atoms with Crippen LogP contribution in [0.5, 0.6) is 0 Å². The van der Waals surface area contributed by atoms with E-state index in [0.717, 1.165) is 5.56 Å². The molecular weight excluding hydrogens is 242 g/mol. The van der Waals surface area contributed by atoms with Crippen molar-refractivity contribution in [3.05, 3.63) is 40.5 Å². The number of carboxylic acid groups (broad SMARTS) is 1. The Morgan fingerprint density at radius 1 is 1.53 bits per heavy atom. The summed E-state index contributed by atoms with van der Waals surface area (Å²) in [5.74, 6) is -0.858. The molecule has 88 valence electrons. The van der Waals surface area contributed by atoms with Gasteiger partial charge in [-0.05, 0) is 24.6 Å². The van der Waals surface area contributed by atoms with Crippen molar-refractivity contribution in [3.63, 3.8) is 0 Å². The lowest BCUT2D eigenvalue weighted by molar-refractivity contribution is 0.0690. The molecule has 1 aromatic heterocycles. The fourth-order valence-electron chi connectivity index (χ4n) is 1.52. The van der Waals surface area contributed by atoms with Crippen molar-refractivity contribution in [1.29, 1.82) is 0 Å². The Hall–Kier alpha value is -2.01. The van der Waals surface area contributed by atoms with Crippen LogP contribution in [-0.4, -0.2) is 20.9 Å². The van der Waals surface area contributed by atoms with Crippen molar-refractivity contribution in [2.45, 2.75) is 6.92 Å². The Bertz CT molecular complexity index is 592. The number of halogens is 1. The minimum atomic E-state index is -1.12. The molecule has 1 aromatic carbocycles. The molecule has 5 nitrogen and oxygen atoms in total. The van der Waals surface area contributed by atoms with Gasteiger partial charge in [0.05, 0.1) is 5.69 Å². The first-order valence-corrected chi connectivity index (χ1v) is 5.23. The number of carbonyl (C=O) groups is 1. The highest BCUT2D eigenvalue weighted by molar-refractivity contribution is 6.31. The second-order valence-corrected chi connectivity index (χ2v) is 3.96. The van der Waals surface area contributed by atoms with Crippen LogP contribution in [0.1, 0.15) is 16.1 Å². The predicted molar refractivity (Wildman–Crippen MR) is 64.7 cm³/mol. The zero-order chi connectivity index (χ0) is 12.6. The van der Waals surface area contributed by atoms with Crippen LogP contribution < -0.4 is 5.73 Å². The number of nitrogen functional groups attached to an aromatic ring is 1. The summed E-state index contributed by atoms with van der Waals surface area (Å²) >= 11 is 5.99. The number of nitrogens with two attached hydrogens (primary N) is 1. The van der Waals surface area contributed by atoms with E-state index in [1.54, 1.807) is 18.2 Å². The molecule has 0 aliphatic rings. The highest BCUT2D eigenvalue weighted by Crippen LogP contribution is 2.24. The molecule has 3 N–H and O–H groups in total. The second-order valence-electron chi connectivity index (χ2n) is 3.56. The van der Waals surface area contributed by atoms with Crippen molar-refractivity contribution >= 4 is 23.4 Å². The number of rotatable bonds is 2. The van der Waals surface area contributed by atoms with Gasteiger partial charge in [0.15, 0.2) is 5.69 Å². The fourth-order valence-corrected chi connectivity index (χ4v) is 1.69. The maximum absolute atomic E-state index is 10.8. The molecule has 0 aliphatic heterocycles. The molecule has 0 radical (unpaired) electrons. The number of carboxylic acids is 1. The average Bonchev–Trinajstić information content (AvgIpc) is 2.65. The molecule has 2 aromatic rings. The molecule has 2 rings (SSSR count). The number of benzene rings is 1. The van der Waals surface area contributed by atoms with Crippen LogP contribution in [0.25, 0.3) is 5.69 Å². The van der Waals surface area contributed by atoms with Crippen molar-refractivity contribution in [2.75, 3.05) is 5.73 Å². The fraction of sp³-hybridized carbons (Fsp3) is 0.0909. The summed E-state index contributed by atoms with van der Waals surface area (Å²) in [6.45, 7) is 1.82. The largest absolute Gasteiger partial charge is 0.476 e. The smallest absolute Gasteiger partial charge is 0.356 e. The Morgan fingerprint density at radius 2 is 2.24 bits per heavy atom. The molecule has 0 fully saturated rings. The van der Waals surface area contributed by atoms with Crippen LogP contribution >= 0.6 is 11.6 Å². The van der Waals surface area contributed by atoms with Crippen LogP contribution in [0, 0.1) is 6.92 Å². The summed E-state index contributed by atoms with van der Waals surface area (Å²) in [4.78, 5) is 10.8. The van der Waals surface area contributed by atoms with E-state index in [-0.39, 0.29) is 11.5 Å². The molecule has 0 atom stereocenters. The summed E-state index contributed by atoms with van der Waals surface area (Å²) in [7, 11) is 0. The third-order valence-electron chi connectivity index (χ3n) is 2.42. The van der Waals surface area contributed by atoms with E-state index in [0.29, 0.717) is 10.7 Å². The van der Waals surface area contributed by atoms with E-state index in [1.165, 1.54) is 10.7 Å². The van der Waals surface area contributed by atoms with Crippen LogP contribution in [0.3, 0.4) is 0 Å². The molecule has 0 bridgehead atoms. The Balaban J connectivity index is 2.60. The van der Waals surface area contributed by atoms with Crippen LogP contribution in [0.4, 0.5) is 5.82 Å². The first-order chi connectivity index (χ1) is 8.00. The lowest BCUT2D eigenvalue weighted by Gasteiger charge is -2.08. The van der Waals surface area contributed by atoms with E-state index >= 15 is 0 Å². The lowest BCUT2D eigenvalue weighted by atomic mass is 10.2. The second kappa shape index (κ2) is 4.10. The molecule has 1 heterocycles. The molecule has 0 amide bonds. The zero-order valence-corrected chi connectivity index (χ0v) is 9.77. The summed E-state index contributed by atoms with van der Waals surface area (Å²) < 4.78 is 1.37. The van der Waals surface area contributed by atoms with Crippen molar-refractivity contribution < 1.29 is 9.90 Å². The number of nitrogens with zero attached hydrogens (tertiary/aromatic N) is 2. The summed E-state index contributed by atoms with van der Waals surface area (Å²) in [6, 6.07) is 6.59. The first kappa shape index (κ1) is 11.5. The zero-order valence-electron chi connectivity index (χ0n) is 9.01. The number of hydrogen-bond acceptors (Lipinski definition) is 3. The van der Waals surface area contributed by atoms with Crippen LogP contribution in [0.2, 0.25) is 5.02 Å². The van der Waals surface area contributed by atoms with E-state index in [4.69, 9.17) is 22.4 Å². The third kappa shape index (κ3) is 1.97. The molecule has 0 saturated heterocycles. The van der Waals surface area contributed by atoms with E-state index in [2.05, 4.69) is 5.10 Å².